The standard InChI is InChI=1S/C22H18N4O3S.C21H18N4OS.C20H14F2N4OS.2C20H16N4OS/c1-28-21(27)16-7-5-15(6-8-16)14-29-18-4-2-3-17(13-18)25-22-24-10-9-19(26-22)20-23-11-12-30-20;1-15-13-23-21(25-19(15)20-22-10-11-27-20)24-17-8-5-9-18(12-17)26-14-16-6-3-2-4-7-16;21-16-5-4-13(10-17(16)22)12-27-15-3-1-2-14(11-15)25-20-24-7-6-18(26-20)19-23-8-9-28-19;1-13-12-22-20(24-18(13)19-21-9-10-26-19)23-16-4-2-3-15(11-16)14-5-7-17(25)8-6-14;25-13-14-3-1-4-15(11-14)16-5-2-6-17(12-16)23-20-22-8-7-18(24-20)19-21-9-10-26-19/h2-13H,14H2,1H3,(H,24,25,26);2-13H,14H2,1H3,(H,23,24,25);1-11H,12H2,(H,24,25,26);2-12,25H,1H3,(H,22,23,24);1-12,25H,13H2,(H,22,23,24). The second-order valence-corrected chi connectivity index (χ2v) is 34.0. The third-order valence-corrected chi connectivity index (χ3v) is 23.7. The Labute approximate surface area is 805 Å². The number of nitrogens with zero attached hydrogens (tertiary/aromatic N) is 15. The Bertz CT molecular complexity index is 7300. The molecule has 680 valence electrons. The first-order chi connectivity index (χ1) is 67.2. The number of halogens is 2. The number of aryl methyl sites for hydroxylation is 2. The smallest absolute Gasteiger partial charge is 0.337 e. The molecule has 0 aliphatic carbocycles. The molecule has 20 rings (SSSR count). The van der Waals surface area contributed by atoms with Crippen LogP contribution in [0.4, 0.5) is 67.0 Å². The van der Waals surface area contributed by atoms with Gasteiger partial charge in [0.15, 0.2) is 11.6 Å². The molecule has 0 aliphatic heterocycles. The Balaban J connectivity index is 0.000000124. The van der Waals surface area contributed by atoms with Crippen LogP contribution < -0.4 is 40.8 Å². The molecule has 0 saturated carbocycles. The number of benzene rings is 10. The molecule has 10 heterocycles. The van der Waals surface area contributed by atoms with E-state index >= 15 is 0 Å². The van der Waals surface area contributed by atoms with E-state index in [1.165, 1.54) is 35.8 Å². The Morgan fingerprint density at radius 2 is 0.693 bits per heavy atom. The fraction of sp³-hybridized carbons (Fsp3) is 0.0680. The van der Waals surface area contributed by atoms with E-state index in [-0.39, 0.29) is 24.9 Å². The van der Waals surface area contributed by atoms with Gasteiger partial charge < -0.3 is 55.7 Å². The molecular formula is C103H82F2N20O7S5. The summed E-state index contributed by atoms with van der Waals surface area (Å²) in [5.74, 6) is 2.70. The number of ether oxygens (including phenoxy) is 4. The van der Waals surface area contributed by atoms with Gasteiger partial charge in [0.05, 0.1) is 19.3 Å². The lowest BCUT2D eigenvalue weighted by Crippen LogP contribution is -2.02. The van der Waals surface area contributed by atoms with E-state index in [4.69, 9.17) is 18.9 Å². The van der Waals surface area contributed by atoms with Crippen molar-refractivity contribution >= 4 is 121 Å². The number of methoxy groups -OCH3 is 1. The summed E-state index contributed by atoms with van der Waals surface area (Å²) < 4.78 is 48.4. The van der Waals surface area contributed by atoms with E-state index in [9.17, 15) is 23.8 Å². The van der Waals surface area contributed by atoms with Crippen molar-refractivity contribution in [2.45, 2.75) is 40.3 Å². The molecule has 0 amide bonds. The predicted molar refractivity (Wildman–Crippen MR) is 536 cm³/mol. The number of phenols is 1. The molecule has 0 fully saturated rings. The van der Waals surface area contributed by atoms with E-state index in [2.05, 4.69) is 101 Å². The minimum absolute atomic E-state index is 0.0309. The van der Waals surface area contributed by atoms with Crippen molar-refractivity contribution in [3.63, 3.8) is 0 Å². The van der Waals surface area contributed by atoms with Gasteiger partial charge in [-0.3, -0.25) is 0 Å². The van der Waals surface area contributed by atoms with E-state index in [0.29, 0.717) is 65.6 Å². The van der Waals surface area contributed by atoms with E-state index in [0.717, 1.165) is 150 Å². The van der Waals surface area contributed by atoms with Crippen LogP contribution in [-0.2, 0) is 31.2 Å². The Morgan fingerprint density at radius 3 is 1.10 bits per heavy atom. The molecular weight excluding hydrogens is 1830 g/mol. The number of carbonyl (C=O) groups excluding carboxylic acids is 1. The molecule has 137 heavy (non-hydrogen) atoms. The number of nitrogens with one attached hydrogen (secondary N) is 5. The van der Waals surface area contributed by atoms with Crippen LogP contribution in [0.3, 0.4) is 0 Å². The van der Waals surface area contributed by atoms with E-state index in [1.807, 2.05) is 247 Å². The SMILES string of the molecule is COC(=O)c1ccc(COc2cccc(Nc3nccc(-c4nccs4)n3)c2)cc1.Cc1cnc(Nc2cccc(-c3ccc(O)cc3)c2)nc1-c1nccs1.Cc1cnc(Nc2cccc(OCc3ccccc3)c2)nc1-c1nccs1.Fc1ccc(COc2cccc(Nc3nccc(-c4nccs4)n3)c2)cc1F.OCc1cccc(-c2cccc(Nc3nccc(-c4nccs4)n3)c2)c1. The first kappa shape index (κ1) is 93.5. The number of aromatic hydroxyl groups is 1. The maximum absolute atomic E-state index is 13.3. The number of aliphatic hydroxyl groups is 1. The number of thiazole rings is 5. The number of aliphatic hydroxyl groups excluding tert-OH is 1. The summed E-state index contributed by atoms with van der Waals surface area (Å²) in [4.78, 5) is 77.3. The third kappa shape index (κ3) is 27.0. The highest BCUT2D eigenvalue weighted by molar-refractivity contribution is 7.14. The Morgan fingerprint density at radius 1 is 0.328 bits per heavy atom. The third-order valence-electron chi connectivity index (χ3n) is 19.7. The zero-order valence-corrected chi connectivity index (χ0v) is 77.3. The van der Waals surface area contributed by atoms with Crippen molar-refractivity contribution in [3.8, 4) is 98.8 Å². The monoisotopic (exact) mass is 1910 g/mol. The average molecular weight is 1910 g/mol. The second kappa shape index (κ2) is 47.0. The molecule has 0 bridgehead atoms. The van der Waals surface area contributed by atoms with Crippen LogP contribution in [0.25, 0.3) is 75.8 Å². The molecule has 27 nitrogen and oxygen atoms in total. The molecule has 0 saturated heterocycles. The van der Waals surface area contributed by atoms with Gasteiger partial charge in [0.1, 0.15) is 96.3 Å². The molecule has 7 N–H and O–H groups in total. The van der Waals surface area contributed by atoms with Gasteiger partial charge in [0.2, 0.25) is 29.7 Å². The van der Waals surface area contributed by atoms with Gasteiger partial charge in [0.25, 0.3) is 0 Å². The van der Waals surface area contributed by atoms with Crippen LogP contribution in [0.5, 0.6) is 23.0 Å². The fourth-order valence-corrected chi connectivity index (χ4v) is 16.2. The van der Waals surface area contributed by atoms with E-state index < -0.39 is 11.6 Å². The normalized spacial score (nSPS) is 10.6. The van der Waals surface area contributed by atoms with Gasteiger partial charge >= 0.3 is 5.97 Å². The quantitative estimate of drug-likeness (QED) is 0.0224. The molecule has 0 atom stereocenters. The van der Waals surface area contributed by atoms with Crippen LogP contribution in [0.2, 0.25) is 0 Å². The number of esters is 1. The summed E-state index contributed by atoms with van der Waals surface area (Å²) in [5, 5.41) is 48.7. The summed E-state index contributed by atoms with van der Waals surface area (Å²) >= 11 is 7.69. The number of hydrogen-bond donors (Lipinski definition) is 7. The van der Waals surface area contributed by atoms with Crippen molar-refractivity contribution in [1.29, 1.82) is 0 Å². The largest absolute Gasteiger partial charge is 0.508 e. The Hall–Kier alpha value is -16.8. The number of phenolic OH excluding ortho intramolecular Hbond substituents is 1. The van der Waals surface area contributed by atoms with Crippen molar-refractivity contribution in [2.24, 2.45) is 0 Å². The first-order valence-corrected chi connectivity index (χ1v) is 46.6. The fourth-order valence-electron chi connectivity index (χ4n) is 13.0. The molecule has 34 heteroatoms. The van der Waals surface area contributed by atoms with Gasteiger partial charge in [-0.15, -0.1) is 56.7 Å². The number of hydrogen-bond acceptors (Lipinski definition) is 32. The highest BCUT2D eigenvalue weighted by Crippen LogP contribution is 2.34. The van der Waals surface area contributed by atoms with Crippen LogP contribution >= 0.6 is 56.7 Å². The number of aromatic nitrogens is 15. The van der Waals surface area contributed by atoms with Crippen molar-refractivity contribution < 1.29 is 42.7 Å². The molecule has 0 aliphatic rings. The van der Waals surface area contributed by atoms with Crippen LogP contribution in [-0.4, -0.2) is 98.1 Å². The molecule has 10 aromatic heterocycles. The van der Waals surface area contributed by atoms with Gasteiger partial charge in [-0.2, -0.15) is 0 Å². The van der Waals surface area contributed by atoms with Gasteiger partial charge in [-0.1, -0.05) is 121 Å². The van der Waals surface area contributed by atoms with Crippen molar-refractivity contribution in [2.75, 3.05) is 33.7 Å². The van der Waals surface area contributed by atoms with Gasteiger partial charge in [0, 0.05) is 136 Å². The number of carbonyl (C=O) groups is 1. The van der Waals surface area contributed by atoms with Crippen molar-refractivity contribution in [3.05, 3.63) is 400 Å². The number of anilines is 10. The second-order valence-electron chi connectivity index (χ2n) is 29.5. The van der Waals surface area contributed by atoms with Crippen molar-refractivity contribution in [1.82, 2.24) is 74.8 Å². The highest BCUT2D eigenvalue weighted by Gasteiger charge is 2.17. The summed E-state index contributed by atoms with van der Waals surface area (Å²) in [6, 6.07) is 79.9. The molecule has 0 unspecified atom stereocenters. The minimum atomic E-state index is -0.895. The maximum atomic E-state index is 13.3. The van der Waals surface area contributed by atoms with Crippen LogP contribution in [0.1, 0.15) is 43.7 Å². The van der Waals surface area contributed by atoms with Crippen LogP contribution in [0.15, 0.2) is 350 Å². The summed E-state index contributed by atoms with van der Waals surface area (Å²) in [5.41, 5.74) is 18.4. The molecule has 20 aromatic rings. The zero-order valence-electron chi connectivity index (χ0n) is 73.3. The summed E-state index contributed by atoms with van der Waals surface area (Å²) in [6.07, 6.45) is 17.5. The van der Waals surface area contributed by atoms with Gasteiger partial charge in [-0.05, 0) is 191 Å². The summed E-state index contributed by atoms with van der Waals surface area (Å²) in [7, 11) is 1.36. The van der Waals surface area contributed by atoms with Gasteiger partial charge in [-0.25, -0.2) is 88.3 Å². The first-order valence-electron chi connectivity index (χ1n) is 42.2. The predicted octanol–water partition coefficient (Wildman–Crippen LogP) is 24.7. The molecule has 0 spiro atoms. The minimum Gasteiger partial charge on any atom is -0.508 e. The molecule has 0 radical (unpaired) electrons. The average Bonchev–Trinajstić information content (AvgIpc) is 1.82. The number of rotatable bonds is 28. The topological polar surface area (TPSA) is 348 Å². The lowest BCUT2D eigenvalue weighted by atomic mass is 10.0. The summed E-state index contributed by atoms with van der Waals surface area (Å²) in [6.45, 7) is 5.02. The highest BCUT2D eigenvalue weighted by atomic mass is 32.1. The maximum Gasteiger partial charge on any atom is 0.337 e. The lowest BCUT2D eigenvalue weighted by molar-refractivity contribution is 0.0600. The molecule has 10 aromatic carbocycles. The Kier molecular flexibility index (Phi) is 32.1. The van der Waals surface area contributed by atoms with E-state index in [1.54, 1.807) is 132 Å². The van der Waals surface area contributed by atoms with Crippen LogP contribution in [0, 0.1) is 25.5 Å². The zero-order chi connectivity index (χ0) is 94.3. The lowest BCUT2D eigenvalue weighted by Gasteiger charge is -2.10.